The first-order valence-electron chi connectivity index (χ1n) is 14.8. The topological polar surface area (TPSA) is 69.9 Å². The van der Waals surface area contributed by atoms with Gasteiger partial charge in [-0.05, 0) is 103 Å². The van der Waals surface area contributed by atoms with Crippen LogP contribution in [0.3, 0.4) is 0 Å². The average molecular weight is 533 g/mol. The Kier molecular flexibility index (Phi) is 7.73. The van der Waals surface area contributed by atoms with E-state index in [4.69, 9.17) is 4.74 Å². The lowest BCUT2D eigenvalue weighted by molar-refractivity contribution is -0.128. The first kappa shape index (κ1) is 28.0. The molecule has 1 aromatic carbocycles. The highest BCUT2D eigenvalue weighted by Crippen LogP contribution is 2.68. The van der Waals surface area contributed by atoms with Crippen molar-refractivity contribution >= 4 is 0 Å². The Morgan fingerprint density at radius 1 is 1.00 bits per heavy atom. The summed E-state index contributed by atoms with van der Waals surface area (Å²) in [5, 5.41) is 31.7. The molecule has 4 aliphatic rings. The van der Waals surface area contributed by atoms with E-state index < -0.39 is 24.1 Å². The van der Waals surface area contributed by atoms with Crippen LogP contribution in [0.1, 0.15) is 96.6 Å². The van der Waals surface area contributed by atoms with Gasteiger partial charge in [0.05, 0.1) is 25.4 Å². The molecule has 1 aromatic rings. The third kappa shape index (κ3) is 4.53. The fraction of sp³-hybridized carbons (Fsp3) is 0.750. The second-order valence-corrected chi connectivity index (χ2v) is 13.4. The quantitative estimate of drug-likeness (QED) is 0.358. The zero-order valence-electron chi connectivity index (χ0n) is 23.4. The zero-order chi connectivity index (χ0) is 27.4. The van der Waals surface area contributed by atoms with Crippen LogP contribution in [0.25, 0.3) is 0 Å². The van der Waals surface area contributed by atoms with Crippen LogP contribution in [-0.2, 0) is 0 Å². The second kappa shape index (κ2) is 10.5. The molecular formula is C32H46F2O4. The number of hydrogen-bond acceptors (Lipinski definition) is 4. The van der Waals surface area contributed by atoms with E-state index in [1.54, 1.807) is 12.1 Å². The number of hydrogen-bond donors (Lipinski definition) is 3. The molecule has 0 aliphatic heterocycles. The Morgan fingerprint density at radius 3 is 2.42 bits per heavy atom. The Morgan fingerprint density at radius 2 is 1.71 bits per heavy atom. The Balaban J connectivity index is 1.25. The van der Waals surface area contributed by atoms with Crippen molar-refractivity contribution in [2.45, 2.75) is 103 Å². The van der Waals surface area contributed by atoms with Gasteiger partial charge in [-0.25, -0.2) is 8.78 Å². The molecule has 5 rings (SSSR count). The number of benzene rings is 1. The van der Waals surface area contributed by atoms with E-state index >= 15 is 4.39 Å². The van der Waals surface area contributed by atoms with Crippen molar-refractivity contribution in [2.24, 2.45) is 40.4 Å². The lowest BCUT2D eigenvalue weighted by Crippen LogP contribution is -2.55. The SMILES string of the molecule is COc1ccc(C(O)CCC[C@@H](C)[C@H]2CC[C@H]3C4=C(F)C[C@H]5[C@@H](O)[C@@H](O)CC[C@]5(C)[C@H]4CC[C@]23C)c(F)c1. The van der Waals surface area contributed by atoms with Gasteiger partial charge in [-0.3, -0.25) is 0 Å². The summed E-state index contributed by atoms with van der Waals surface area (Å²) in [4.78, 5) is 0. The molecule has 4 nitrogen and oxygen atoms in total. The van der Waals surface area contributed by atoms with Gasteiger partial charge in [0.2, 0.25) is 0 Å². The summed E-state index contributed by atoms with van der Waals surface area (Å²) >= 11 is 0. The van der Waals surface area contributed by atoms with Crippen LogP contribution in [-0.4, -0.2) is 34.6 Å². The fourth-order valence-corrected chi connectivity index (χ4v) is 9.45. The standard InChI is InChI=1S/C32H46F2O4/c1-18(6-5-7-27(35)20-9-8-19(38-4)16-25(20)33)21-10-11-22-29-23(12-14-31(21,22)2)32(3)15-13-28(36)30(37)24(32)17-26(29)34/h8-9,16,18,21-24,27-28,30,35-37H,5-7,10-15,17H2,1-4H3/t18-,21-,22+,23+,24+,27?,28+,30-,31-,32-/m1/s1. The van der Waals surface area contributed by atoms with Crippen molar-refractivity contribution in [3.05, 3.63) is 41.0 Å². The first-order chi connectivity index (χ1) is 18.0. The molecular weight excluding hydrogens is 486 g/mol. The zero-order valence-corrected chi connectivity index (χ0v) is 23.4. The summed E-state index contributed by atoms with van der Waals surface area (Å²) in [6.45, 7) is 6.91. The highest BCUT2D eigenvalue weighted by molar-refractivity contribution is 5.32. The number of halogens is 2. The molecule has 0 spiro atoms. The maximum Gasteiger partial charge on any atom is 0.132 e. The molecule has 0 amide bonds. The number of ether oxygens (including phenoxy) is 1. The molecule has 0 bridgehead atoms. The Hall–Kier alpha value is -1.50. The van der Waals surface area contributed by atoms with Crippen molar-refractivity contribution < 1.29 is 28.8 Å². The van der Waals surface area contributed by atoms with Gasteiger partial charge >= 0.3 is 0 Å². The highest BCUT2D eigenvalue weighted by Gasteiger charge is 2.61. The van der Waals surface area contributed by atoms with Crippen LogP contribution in [0.4, 0.5) is 8.78 Å². The fourth-order valence-electron chi connectivity index (χ4n) is 9.45. The maximum absolute atomic E-state index is 15.9. The van der Waals surface area contributed by atoms with Crippen molar-refractivity contribution in [2.75, 3.05) is 7.11 Å². The maximum atomic E-state index is 15.9. The van der Waals surface area contributed by atoms with Crippen molar-refractivity contribution in [3.8, 4) is 5.75 Å². The van der Waals surface area contributed by atoms with Crippen LogP contribution in [0.5, 0.6) is 5.75 Å². The molecule has 3 fully saturated rings. The van der Waals surface area contributed by atoms with Crippen LogP contribution in [0.2, 0.25) is 0 Å². The molecule has 0 saturated heterocycles. The average Bonchev–Trinajstić information content (AvgIpc) is 3.24. The monoisotopic (exact) mass is 532 g/mol. The van der Waals surface area contributed by atoms with Gasteiger partial charge in [0.25, 0.3) is 0 Å². The minimum absolute atomic E-state index is 0.0144. The molecule has 3 saturated carbocycles. The Labute approximate surface area is 226 Å². The molecule has 4 aliphatic carbocycles. The third-order valence-corrected chi connectivity index (χ3v) is 11.7. The summed E-state index contributed by atoms with van der Waals surface area (Å²) in [7, 11) is 1.49. The summed E-state index contributed by atoms with van der Waals surface area (Å²) in [6, 6.07) is 4.60. The second-order valence-electron chi connectivity index (χ2n) is 13.4. The van der Waals surface area contributed by atoms with E-state index in [2.05, 4.69) is 20.8 Å². The van der Waals surface area contributed by atoms with Crippen LogP contribution in [0, 0.1) is 46.2 Å². The Bertz CT molecular complexity index is 1060. The van der Waals surface area contributed by atoms with Gasteiger partial charge in [0.15, 0.2) is 0 Å². The summed E-state index contributed by atoms with van der Waals surface area (Å²) in [6.07, 6.45) is 5.66. The number of fused-ring (bicyclic) bond motifs is 5. The van der Waals surface area contributed by atoms with Gasteiger partial charge in [-0.1, -0.05) is 33.6 Å². The van der Waals surface area contributed by atoms with Gasteiger partial charge in [0.1, 0.15) is 17.4 Å². The predicted octanol–water partition coefficient (Wildman–Crippen LogP) is 6.88. The molecule has 10 atom stereocenters. The van der Waals surface area contributed by atoms with Crippen molar-refractivity contribution in [1.82, 2.24) is 0 Å². The summed E-state index contributed by atoms with van der Waals surface area (Å²) < 4.78 is 35.3. The van der Waals surface area contributed by atoms with Crippen molar-refractivity contribution in [3.63, 3.8) is 0 Å². The minimum Gasteiger partial charge on any atom is -0.497 e. The van der Waals surface area contributed by atoms with Gasteiger partial charge in [0, 0.05) is 18.1 Å². The van der Waals surface area contributed by atoms with E-state index in [0.717, 1.165) is 50.5 Å². The molecule has 3 N–H and O–H groups in total. The van der Waals surface area contributed by atoms with Gasteiger partial charge in [-0.15, -0.1) is 0 Å². The number of aliphatic hydroxyl groups excluding tert-OH is 3. The predicted molar refractivity (Wildman–Crippen MR) is 144 cm³/mol. The van der Waals surface area contributed by atoms with E-state index in [1.165, 1.54) is 13.2 Å². The normalized spacial score (nSPS) is 40.2. The molecule has 38 heavy (non-hydrogen) atoms. The molecule has 212 valence electrons. The summed E-state index contributed by atoms with van der Waals surface area (Å²) in [5.74, 6) is 1.12. The van der Waals surface area contributed by atoms with Gasteiger partial charge in [-0.2, -0.15) is 0 Å². The molecule has 0 heterocycles. The third-order valence-electron chi connectivity index (χ3n) is 11.7. The number of aliphatic hydroxyl groups is 3. The number of rotatable bonds is 7. The van der Waals surface area contributed by atoms with E-state index in [-0.39, 0.29) is 40.8 Å². The molecule has 0 radical (unpaired) electrons. The lowest BCUT2D eigenvalue weighted by atomic mass is 9.47. The van der Waals surface area contributed by atoms with Crippen LogP contribution in [0.15, 0.2) is 29.6 Å². The molecule has 0 aromatic heterocycles. The van der Waals surface area contributed by atoms with E-state index in [1.807, 2.05) is 0 Å². The van der Waals surface area contributed by atoms with Crippen LogP contribution < -0.4 is 4.74 Å². The van der Waals surface area contributed by atoms with E-state index in [0.29, 0.717) is 36.0 Å². The highest BCUT2D eigenvalue weighted by atomic mass is 19.1. The molecule has 6 heteroatoms. The van der Waals surface area contributed by atoms with E-state index in [9.17, 15) is 19.7 Å². The number of methoxy groups -OCH3 is 1. The largest absolute Gasteiger partial charge is 0.497 e. The number of allylic oxidation sites excluding steroid dienone is 2. The van der Waals surface area contributed by atoms with Crippen molar-refractivity contribution in [1.29, 1.82) is 0 Å². The van der Waals surface area contributed by atoms with Gasteiger partial charge < -0.3 is 20.1 Å². The summed E-state index contributed by atoms with van der Waals surface area (Å²) in [5.41, 5.74) is 1.26. The lowest BCUT2D eigenvalue weighted by Gasteiger charge is -2.59. The molecule has 1 unspecified atom stereocenters. The first-order valence-corrected chi connectivity index (χ1v) is 14.8. The van der Waals surface area contributed by atoms with Crippen LogP contribution >= 0.6 is 0 Å². The minimum atomic E-state index is -0.840. The smallest absolute Gasteiger partial charge is 0.132 e.